The zero-order valence-electron chi connectivity index (χ0n) is 7.94. The molecule has 0 saturated carbocycles. The van der Waals surface area contributed by atoms with Crippen LogP contribution in [0.2, 0.25) is 0 Å². The van der Waals surface area contributed by atoms with Crippen LogP contribution >= 0.6 is 22.6 Å². The number of nitro groups is 1. The summed E-state index contributed by atoms with van der Waals surface area (Å²) >= 11 is 2.09. The van der Waals surface area contributed by atoms with Crippen molar-refractivity contribution in [3.8, 4) is 0 Å². The Morgan fingerprint density at radius 2 is 2.27 bits per heavy atom. The summed E-state index contributed by atoms with van der Waals surface area (Å²) < 4.78 is 0.935. The van der Waals surface area contributed by atoms with E-state index in [0.717, 1.165) is 3.57 Å². The molecule has 0 unspecified atom stereocenters. The molecule has 15 heavy (non-hydrogen) atoms. The lowest BCUT2D eigenvalue weighted by atomic mass is 10.2. The highest BCUT2D eigenvalue weighted by atomic mass is 127. The molecule has 2 N–H and O–H groups in total. The summed E-state index contributed by atoms with van der Waals surface area (Å²) in [5, 5.41) is 22.2. The summed E-state index contributed by atoms with van der Waals surface area (Å²) in [5.74, 6) is 0. The topological polar surface area (TPSA) is 75.4 Å². The van der Waals surface area contributed by atoms with Gasteiger partial charge >= 0.3 is 0 Å². The Bertz CT molecular complexity index is 357. The summed E-state index contributed by atoms with van der Waals surface area (Å²) in [6, 6.07) is 4.88. The van der Waals surface area contributed by atoms with Gasteiger partial charge in [-0.25, -0.2) is 0 Å². The molecule has 0 aliphatic heterocycles. The van der Waals surface area contributed by atoms with Gasteiger partial charge in [0.05, 0.1) is 4.92 Å². The first-order valence-electron chi connectivity index (χ1n) is 4.44. The van der Waals surface area contributed by atoms with Crippen LogP contribution in [0.15, 0.2) is 18.2 Å². The molecule has 1 aromatic carbocycles. The van der Waals surface area contributed by atoms with Crippen molar-refractivity contribution < 1.29 is 10.0 Å². The Balaban J connectivity index is 2.82. The van der Waals surface area contributed by atoms with Crippen molar-refractivity contribution in [2.45, 2.75) is 6.42 Å². The third-order valence-electron chi connectivity index (χ3n) is 1.81. The first-order valence-corrected chi connectivity index (χ1v) is 5.51. The van der Waals surface area contributed by atoms with Gasteiger partial charge in [0.2, 0.25) is 0 Å². The van der Waals surface area contributed by atoms with Crippen LogP contribution in [0.3, 0.4) is 0 Å². The second-order valence-corrected chi connectivity index (χ2v) is 4.17. The average Bonchev–Trinajstić information content (AvgIpc) is 2.18. The number of nitro benzene ring substituents is 1. The molecule has 0 amide bonds. The smallest absolute Gasteiger partial charge is 0.292 e. The summed E-state index contributed by atoms with van der Waals surface area (Å²) in [7, 11) is 0. The minimum atomic E-state index is -0.419. The number of aliphatic hydroxyl groups is 1. The van der Waals surface area contributed by atoms with E-state index in [-0.39, 0.29) is 12.3 Å². The van der Waals surface area contributed by atoms with Gasteiger partial charge in [-0.3, -0.25) is 10.1 Å². The van der Waals surface area contributed by atoms with E-state index < -0.39 is 4.92 Å². The lowest BCUT2D eigenvalue weighted by molar-refractivity contribution is -0.384. The lowest BCUT2D eigenvalue weighted by Crippen LogP contribution is -2.05. The molecule has 0 spiro atoms. The van der Waals surface area contributed by atoms with E-state index in [1.54, 1.807) is 12.1 Å². The normalized spacial score (nSPS) is 10.0. The van der Waals surface area contributed by atoms with E-state index in [1.165, 1.54) is 6.07 Å². The molecule has 0 aliphatic rings. The fourth-order valence-electron chi connectivity index (χ4n) is 1.11. The third kappa shape index (κ3) is 3.63. The van der Waals surface area contributed by atoms with Gasteiger partial charge in [-0.2, -0.15) is 0 Å². The number of rotatable bonds is 5. The summed E-state index contributed by atoms with van der Waals surface area (Å²) in [6.45, 7) is 0.599. The first-order chi connectivity index (χ1) is 7.15. The van der Waals surface area contributed by atoms with Gasteiger partial charge in [0.1, 0.15) is 5.69 Å². The van der Waals surface area contributed by atoms with Crippen LogP contribution in [0.25, 0.3) is 0 Å². The Morgan fingerprint density at radius 1 is 1.53 bits per heavy atom. The van der Waals surface area contributed by atoms with Crippen LogP contribution in [0.1, 0.15) is 6.42 Å². The maximum absolute atomic E-state index is 10.7. The second-order valence-electron chi connectivity index (χ2n) is 2.92. The number of nitrogens with zero attached hydrogens (tertiary/aromatic N) is 1. The van der Waals surface area contributed by atoms with Crippen LogP contribution in [-0.4, -0.2) is 23.2 Å². The highest BCUT2D eigenvalue weighted by Gasteiger charge is 2.12. The predicted molar refractivity (Wildman–Crippen MR) is 66.0 cm³/mol. The zero-order valence-corrected chi connectivity index (χ0v) is 10.1. The van der Waals surface area contributed by atoms with Gasteiger partial charge in [0, 0.05) is 22.8 Å². The summed E-state index contributed by atoms with van der Waals surface area (Å²) in [5.41, 5.74) is 0.564. The molecule has 82 valence electrons. The van der Waals surface area contributed by atoms with Gasteiger partial charge in [-0.1, -0.05) is 0 Å². The minimum Gasteiger partial charge on any atom is -0.396 e. The van der Waals surface area contributed by atoms with Gasteiger partial charge in [0.15, 0.2) is 0 Å². The molecular formula is C9H11IN2O3. The number of halogens is 1. The lowest BCUT2D eigenvalue weighted by Gasteiger charge is -2.06. The molecule has 0 bridgehead atoms. The molecule has 0 fully saturated rings. The van der Waals surface area contributed by atoms with Crippen molar-refractivity contribution in [2.24, 2.45) is 0 Å². The minimum absolute atomic E-state index is 0.0633. The molecule has 0 heterocycles. The maximum atomic E-state index is 10.7. The number of nitrogens with one attached hydrogen (secondary N) is 1. The number of anilines is 1. The van der Waals surface area contributed by atoms with E-state index in [9.17, 15) is 10.1 Å². The maximum Gasteiger partial charge on any atom is 0.292 e. The average molecular weight is 322 g/mol. The van der Waals surface area contributed by atoms with Crippen molar-refractivity contribution in [1.29, 1.82) is 0 Å². The van der Waals surface area contributed by atoms with Gasteiger partial charge in [0.25, 0.3) is 5.69 Å². The highest BCUT2D eigenvalue weighted by Crippen LogP contribution is 2.25. The van der Waals surface area contributed by atoms with Crippen molar-refractivity contribution >= 4 is 34.0 Å². The Kier molecular flexibility index (Phi) is 4.76. The molecule has 0 saturated heterocycles. The van der Waals surface area contributed by atoms with Gasteiger partial charge in [-0.15, -0.1) is 0 Å². The number of benzene rings is 1. The van der Waals surface area contributed by atoms with Crippen LogP contribution in [0.4, 0.5) is 11.4 Å². The molecule has 6 heteroatoms. The summed E-state index contributed by atoms with van der Waals surface area (Å²) in [4.78, 5) is 10.3. The fourth-order valence-corrected chi connectivity index (χ4v) is 1.60. The van der Waals surface area contributed by atoms with Crippen LogP contribution in [-0.2, 0) is 0 Å². The number of aliphatic hydroxyl groups excluding tert-OH is 1. The molecule has 0 aromatic heterocycles. The first kappa shape index (κ1) is 12.2. The van der Waals surface area contributed by atoms with Crippen molar-refractivity contribution in [2.75, 3.05) is 18.5 Å². The van der Waals surface area contributed by atoms with Crippen molar-refractivity contribution in [1.82, 2.24) is 0 Å². The third-order valence-corrected chi connectivity index (χ3v) is 2.48. The van der Waals surface area contributed by atoms with Crippen LogP contribution in [0, 0.1) is 13.7 Å². The van der Waals surface area contributed by atoms with E-state index in [0.29, 0.717) is 18.7 Å². The van der Waals surface area contributed by atoms with Gasteiger partial charge in [-0.05, 0) is 41.1 Å². The largest absolute Gasteiger partial charge is 0.396 e. The molecule has 0 aliphatic carbocycles. The molecule has 0 radical (unpaired) electrons. The molecular weight excluding hydrogens is 311 g/mol. The highest BCUT2D eigenvalue weighted by molar-refractivity contribution is 14.1. The van der Waals surface area contributed by atoms with E-state index >= 15 is 0 Å². The van der Waals surface area contributed by atoms with Crippen LogP contribution < -0.4 is 5.32 Å². The molecule has 5 nitrogen and oxygen atoms in total. The van der Waals surface area contributed by atoms with Crippen molar-refractivity contribution in [3.63, 3.8) is 0 Å². The van der Waals surface area contributed by atoms with Gasteiger partial charge < -0.3 is 10.4 Å². The molecule has 0 atom stereocenters. The fraction of sp³-hybridized carbons (Fsp3) is 0.333. The van der Waals surface area contributed by atoms with E-state index in [4.69, 9.17) is 5.11 Å². The predicted octanol–water partition coefficient (Wildman–Crippen LogP) is 1.99. The number of hydrogen-bond donors (Lipinski definition) is 2. The van der Waals surface area contributed by atoms with Crippen LogP contribution in [0.5, 0.6) is 0 Å². The Morgan fingerprint density at radius 3 is 2.87 bits per heavy atom. The monoisotopic (exact) mass is 322 g/mol. The zero-order chi connectivity index (χ0) is 11.3. The quantitative estimate of drug-likeness (QED) is 0.376. The van der Waals surface area contributed by atoms with E-state index in [1.807, 2.05) is 0 Å². The van der Waals surface area contributed by atoms with E-state index in [2.05, 4.69) is 27.9 Å². The molecule has 1 aromatic rings. The Hall–Kier alpha value is -0.890. The Labute approximate surface area is 101 Å². The van der Waals surface area contributed by atoms with Crippen molar-refractivity contribution in [3.05, 3.63) is 31.9 Å². The number of hydrogen-bond acceptors (Lipinski definition) is 4. The molecule has 1 rings (SSSR count). The second kappa shape index (κ2) is 5.86. The standard InChI is InChI=1S/C9H11IN2O3/c10-7-2-3-9(12(14)15)8(6-7)11-4-1-5-13/h2-3,6,11,13H,1,4-5H2. The SMILES string of the molecule is O=[N+]([O-])c1ccc(I)cc1NCCCO. The summed E-state index contributed by atoms with van der Waals surface area (Å²) in [6.07, 6.45) is 0.572.